The van der Waals surface area contributed by atoms with Crippen molar-refractivity contribution in [3.05, 3.63) is 17.5 Å². The zero-order valence-electron chi connectivity index (χ0n) is 10.6. The third kappa shape index (κ3) is 3.38. The van der Waals surface area contributed by atoms with Gasteiger partial charge in [0.1, 0.15) is 5.69 Å². The van der Waals surface area contributed by atoms with Crippen LogP contribution in [0.2, 0.25) is 0 Å². The van der Waals surface area contributed by atoms with Crippen LogP contribution in [-0.4, -0.2) is 34.4 Å². The molecule has 8 heteroatoms. The van der Waals surface area contributed by atoms with E-state index in [0.717, 1.165) is 0 Å². The number of piperidine rings is 1. The number of aromatic nitrogens is 2. The lowest BCUT2D eigenvalue weighted by atomic mass is 10.1. The summed E-state index contributed by atoms with van der Waals surface area (Å²) in [7, 11) is 0. The molecule has 102 valence electrons. The summed E-state index contributed by atoms with van der Waals surface area (Å²) in [6, 6.07) is 1.51. The quantitative estimate of drug-likeness (QED) is 0.413. The summed E-state index contributed by atoms with van der Waals surface area (Å²) in [4.78, 5) is 31.1. The van der Waals surface area contributed by atoms with Crippen LogP contribution in [0.1, 0.15) is 29.0 Å². The third-order valence-electron chi connectivity index (χ3n) is 2.82. The predicted octanol–water partition coefficient (Wildman–Crippen LogP) is -0.921. The number of nitrogens with one attached hydrogen (secondary N) is 3. The minimum Gasteiger partial charge on any atom is -0.354 e. The number of amides is 2. The summed E-state index contributed by atoms with van der Waals surface area (Å²) in [5.74, 6) is 5.14. The highest BCUT2D eigenvalue weighted by Gasteiger charge is 2.21. The van der Waals surface area contributed by atoms with Crippen molar-refractivity contribution >= 4 is 17.8 Å². The van der Waals surface area contributed by atoms with E-state index in [-0.39, 0.29) is 29.5 Å². The van der Waals surface area contributed by atoms with Crippen LogP contribution in [0.5, 0.6) is 0 Å². The molecule has 19 heavy (non-hydrogen) atoms. The Balaban J connectivity index is 2.03. The molecule has 0 bridgehead atoms. The molecule has 0 aromatic carbocycles. The molecule has 1 atom stereocenters. The molecule has 8 nitrogen and oxygen atoms in total. The summed E-state index contributed by atoms with van der Waals surface area (Å²) < 4.78 is 0. The second-order valence-corrected chi connectivity index (χ2v) is 4.38. The minimum atomic E-state index is -0.303. The number of hydrogen-bond acceptors (Lipinski definition) is 6. The average Bonchev–Trinajstić information content (AvgIpc) is 2.40. The van der Waals surface area contributed by atoms with Crippen molar-refractivity contribution in [3.63, 3.8) is 0 Å². The Morgan fingerprint density at radius 1 is 1.53 bits per heavy atom. The Morgan fingerprint density at radius 3 is 2.95 bits per heavy atom. The first-order valence-electron chi connectivity index (χ1n) is 5.98. The van der Waals surface area contributed by atoms with Gasteiger partial charge in [-0.15, -0.1) is 0 Å². The monoisotopic (exact) mass is 264 g/mol. The molecule has 1 fully saturated rings. The number of nitrogen functional groups attached to an aromatic ring is 1. The molecule has 2 amide bonds. The van der Waals surface area contributed by atoms with E-state index < -0.39 is 0 Å². The fourth-order valence-corrected chi connectivity index (χ4v) is 1.86. The van der Waals surface area contributed by atoms with E-state index in [9.17, 15) is 9.59 Å². The van der Waals surface area contributed by atoms with Crippen molar-refractivity contribution in [2.75, 3.05) is 12.0 Å². The second-order valence-electron chi connectivity index (χ2n) is 4.38. The molecule has 2 heterocycles. The van der Waals surface area contributed by atoms with Gasteiger partial charge in [0.05, 0.1) is 0 Å². The zero-order chi connectivity index (χ0) is 13.8. The summed E-state index contributed by atoms with van der Waals surface area (Å²) >= 11 is 0. The molecular formula is C11H16N6O2. The highest BCUT2D eigenvalue weighted by molar-refractivity contribution is 5.93. The maximum atomic E-state index is 12.0. The highest BCUT2D eigenvalue weighted by Crippen LogP contribution is 2.07. The van der Waals surface area contributed by atoms with Crippen LogP contribution >= 0.6 is 0 Å². The van der Waals surface area contributed by atoms with Crippen LogP contribution in [-0.2, 0) is 4.79 Å². The Bertz CT molecular complexity index is 494. The summed E-state index contributed by atoms with van der Waals surface area (Å²) in [6.07, 6.45) is 1.05. The molecule has 1 saturated heterocycles. The maximum absolute atomic E-state index is 12.0. The Hall–Kier alpha value is -2.22. The van der Waals surface area contributed by atoms with Gasteiger partial charge >= 0.3 is 0 Å². The van der Waals surface area contributed by atoms with E-state index in [0.29, 0.717) is 25.1 Å². The number of carbonyl (C=O) groups is 2. The van der Waals surface area contributed by atoms with E-state index in [1.807, 2.05) is 0 Å². The number of nitrogens with two attached hydrogens (primary N) is 1. The van der Waals surface area contributed by atoms with E-state index in [2.05, 4.69) is 26.0 Å². The van der Waals surface area contributed by atoms with Crippen LogP contribution in [0.3, 0.4) is 0 Å². The molecule has 0 radical (unpaired) electrons. The molecule has 1 unspecified atom stereocenters. The van der Waals surface area contributed by atoms with Crippen molar-refractivity contribution < 1.29 is 9.59 Å². The number of nitrogens with zero attached hydrogens (tertiary/aromatic N) is 2. The van der Waals surface area contributed by atoms with Gasteiger partial charge in [-0.3, -0.25) is 15.0 Å². The highest BCUT2D eigenvalue weighted by atomic mass is 16.2. The average molecular weight is 264 g/mol. The number of anilines is 1. The summed E-state index contributed by atoms with van der Waals surface area (Å²) in [5.41, 5.74) is 3.20. The predicted molar refractivity (Wildman–Crippen MR) is 68.1 cm³/mol. The second kappa shape index (κ2) is 5.61. The van der Waals surface area contributed by atoms with E-state index in [1.165, 1.54) is 0 Å². The molecule has 2 rings (SSSR count). The van der Waals surface area contributed by atoms with E-state index in [4.69, 9.17) is 5.84 Å². The molecular weight excluding hydrogens is 248 g/mol. The topological polar surface area (TPSA) is 122 Å². The van der Waals surface area contributed by atoms with Gasteiger partial charge in [-0.05, 0) is 19.4 Å². The summed E-state index contributed by atoms with van der Waals surface area (Å²) in [5, 5.41) is 5.53. The van der Waals surface area contributed by atoms with Crippen molar-refractivity contribution in [1.82, 2.24) is 20.6 Å². The SMILES string of the molecule is Cc1cc(C(=O)NC2CCC(=O)NC2)nc(NN)n1. The van der Waals surface area contributed by atoms with E-state index in [1.54, 1.807) is 13.0 Å². The summed E-state index contributed by atoms with van der Waals surface area (Å²) in [6.45, 7) is 2.19. The van der Waals surface area contributed by atoms with Crippen molar-refractivity contribution in [2.24, 2.45) is 5.84 Å². The molecule has 1 aliphatic rings. The molecule has 1 aliphatic heterocycles. The number of rotatable bonds is 3. The standard InChI is InChI=1S/C11H16N6O2/c1-6-4-8(16-11(14-6)17-12)10(19)15-7-2-3-9(18)13-5-7/h4,7H,2-3,5,12H2,1H3,(H,13,18)(H,15,19)(H,14,16,17). The molecule has 0 spiro atoms. The smallest absolute Gasteiger partial charge is 0.270 e. The van der Waals surface area contributed by atoms with Crippen LogP contribution < -0.4 is 21.9 Å². The first-order valence-corrected chi connectivity index (χ1v) is 5.98. The maximum Gasteiger partial charge on any atom is 0.270 e. The van der Waals surface area contributed by atoms with Gasteiger partial charge in [0.25, 0.3) is 5.91 Å². The third-order valence-corrected chi connectivity index (χ3v) is 2.82. The lowest BCUT2D eigenvalue weighted by Gasteiger charge is -2.23. The van der Waals surface area contributed by atoms with Crippen molar-refractivity contribution in [1.29, 1.82) is 0 Å². The van der Waals surface area contributed by atoms with Crippen LogP contribution in [0.4, 0.5) is 5.95 Å². The van der Waals surface area contributed by atoms with Gasteiger partial charge in [-0.2, -0.15) is 0 Å². The Kier molecular flexibility index (Phi) is 3.91. The number of hydrazine groups is 1. The minimum absolute atomic E-state index is 0.0120. The lowest BCUT2D eigenvalue weighted by Crippen LogP contribution is -2.47. The molecule has 1 aromatic heterocycles. The molecule has 1 aromatic rings. The van der Waals surface area contributed by atoms with Crippen LogP contribution in [0, 0.1) is 6.92 Å². The fraction of sp³-hybridized carbons (Fsp3) is 0.455. The van der Waals surface area contributed by atoms with Crippen LogP contribution in [0.25, 0.3) is 0 Å². The van der Waals surface area contributed by atoms with Gasteiger partial charge in [-0.25, -0.2) is 15.8 Å². The largest absolute Gasteiger partial charge is 0.354 e. The van der Waals surface area contributed by atoms with Crippen LogP contribution in [0.15, 0.2) is 6.07 Å². The first-order chi connectivity index (χ1) is 9.08. The number of hydrogen-bond donors (Lipinski definition) is 4. The van der Waals surface area contributed by atoms with Crippen molar-refractivity contribution in [3.8, 4) is 0 Å². The number of aryl methyl sites for hydroxylation is 1. The Labute approximate surface area is 110 Å². The van der Waals surface area contributed by atoms with Gasteiger partial charge in [0.15, 0.2) is 0 Å². The molecule has 0 saturated carbocycles. The van der Waals surface area contributed by atoms with Gasteiger partial charge < -0.3 is 10.6 Å². The fourth-order valence-electron chi connectivity index (χ4n) is 1.86. The van der Waals surface area contributed by atoms with Gasteiger partial charge in [-0.1, -0.05) is 0 Å². The van der Waals surface area contributed by atoms with Crippen molar-refractivity contribution in [2.45, 2.75) is 25.8 Å². The lowest BCUT2D eigenvalue weighted by molar-refractivity contribution is -0.122. The van der Waals surface area contributed by atoms with Gasteiger partial charge in [0, 0.05) is 24.7 Å². The van der Waals surface area contributed by atoms with E-state index >= 15 is 0 Å². The molecule has 0 aliphatic carbocycles. The normalized spacial score (nSPS) is 18.6. The first kappa shape index (κ1) is 13.2. The van der Waals surface area contributed by atoms with Gasteiger partial charge in [0.2, 0.25) is 11.9 Å². The zero-order valence-corrected chi connectivity index (χ0v) is 10.6. The molecule has 5 N–H and O–H groups in total. The number of carbonyl (C=O) groups excluding carboxylic acids is 2. The Morgan fingerprint density at radius 2 is 2.32 bits per heavy atom.